The molecule has 0 aliphatic carbocycles. The van der Waals surface area contributed by atoms with E-state index in [2.05, 4.69) is 31.3 Å². The van der Waals surface area contributed by atoms with Gasteiger partial charge in [0.1, 0.15) is 6.10 Å². The van der Waals surface area contributed by atoms with Crippen LogP contribution in [0.25, 0.3) is 0 Å². The Morgan fingerprint density at radius 3 is 1.26 bits per heavy atom. The highest BCUT2D eigenvalue weighted by atomic mass is 16.3. The SMILES string of the molecule is CCCCCCCCCCCCCCCC/C=C/CCCC(O)C(O)C(CO)NC(=O)CCCCCCCCCCCCCCC. The molecule has 0 aromatic heterocycles. The van der Waals surface area contributed by atoms with Crippen molar-refractivity contribution in [1.29, 1.82) is 0 Å². The first-order valence-corrected chi connectivity index (χ1v) is 20.5. The minimum absolute atomic E-state index is 0.153. The molecule has 0 aliphatic heterocycles. The Morgan fingerprint density at radius 2 is 0.870 bits per heavy atom. The van der Waals surface area contributed by atoms with Crippen LogP contribution in [0.15, 0.2) is 12.2 Å². The average molecular weight is 652 g/mol. The Labute approximate surface area is 287 Å². The number of allylic oxidation sites excluding steroid dienone is 2. The van der Waals surface area contributed by atoms with E-state index >= 15 is 0 Å². The van der Waals surface area contributed by atoms with Crippen LogP contribution in [0.1, 0.15) is 219 Å². The predicted molar refractivity (Wildman–Crippen MR) is 199 cm³/mol. The maximum Gasteiger partial charge on any atom is 0.220 e. The van der Waals surface area contributed by atoms with Crippen LogP contribution in [0.2, 0.25) is 0 Å². The number of aliphatic hydroxyl groups excluding tert-OH is 3. The highest BCUT2D eigenvalue weighted by molar-refractivity contribution is 5.76. The van der Waals surface area contributed by atoms with Gasteiger partial charge in [-0.3, -0.25) is 4.79 Å². The van der Waals surface area contributed by atoms with Gasteiger partial charge in [0, 0.05) is 6.42 Å². The summed E-state index contributed by atoms with van der Waals surface area (Å²) in [4.78, 5) is 12.4. The zero-order valence-corrected chi connectivity index (χ0v) is 31.0. The van der Waals surface area contributed by atoms with E-state index < -0.39 is 18.2 Å². The summed E-state index contributed by atoms with van der Waals surface area (Å²) in [5.41, 5.74) is 0. The number of amides is 1. The van der Waals surface area contributed by atoms with Gasteiger partial charge in [0.05, 0.1) is 18.8 Å². The monoisotopic (exact) mass is 652 g/mol. The lowest BCUT2D eigenvalue weighted by Crippen LogP contribution is -2.50. The third-order valence-corrected chi connectivity index (χ3v) is 9.62. The summed E-state index contributed by atoms with van der Waals surface area (Å²) in [7, 11) is 0. The van der Waals surface area contributed by atoms with Crippen molar-refractivity contribution < 1.29 is 20.1 Å². The molecule has 274 valence electrons. The van der Waals surface area contributed by atoms with Crippen LogP contribution in [0.3, 0.4) is 0 Å². The third-order valence-electron chi connectivity index (χ3n) is 9.62. The lowest BCUT2D eigenvalue weighted by Gasteiger charge is -2.26. The minimum atomic E-state index is -1.15. The van der Waals surface area contributed by atoms with Gasteiger partial charge in [0.2, 0.25) is 5.91 Å². The molecule has 46 heavy (non-hydrogen) atoms. The van der Waals surface area contributed by atoms with Crippen LogP contribution in [0.4, 0.5) is 0 Å². The van der Waals surface area contributed by atoms with E-state index in [9.17, 15) is 20.1 Å². The zero-order valence-electron chi connectivity index (χ0n) is 31.0. The fourth-order valence-electron chi connectivity index (χ4n) is 6.40. The lowest BCUT2D eigenvalue weighted by atomic mass is 10.0. The van der Waals surface area contributed by atoms with Gasteiger partial charge in [-0.2, -0.15) is 0 Å². The second kappa shape index (κ2) is 36.9. The van der Waals surface area contributed by atoms with Gasteiger partial charge in [-0.15, -0.1) is 0 Å². The van der Waals surface area contributed by atoms with Crippen molar-refractivity contribution in [1.82, 2.24) is 5.32 Å². The fraction of sp³-hybridized carbons (Fsp3) is 0.927. The van der Waals surface area contributed by atoms with Crippen molar-refractivity contribution in [3.63, 3.8) is 0 Å². The molecule has 0 aromatic carbocycles. The van der Waals surface area contributed by atoms with Crippen LogP contribution in [-0.4, -0.2) is 46.1 Å². The van der Waals surface area contributed by atoms with Gasteiger partial charge in [-0.05, 0) is 38.5 Å². The lowest BCUT2D eigenvalue weighted by molar-refractivity contribution is -0.124. The standard InChI is InChI=1S/C41H81NO4/c1-3-5-7-9-11-13-15-17-18-19-20-21-22-24-25-27-29-31-33-35-39(44)41(46)38(37-43)42-40(45)36-34-32-30-28-26-23-16-14-12-10-8-6-4-2/h27,29,38-39,41,43-44,46H,3-26,28,30-37H2,1-2H3,(H,42,45)/b29-27+. The first-order chi connectivity index (χ1) is 22.6. The number of hydrogen-bond donors (Lipinski definition) is 4. The number of carbonyl (C=O) groups excluding carboxylic acids is 1. The second-order valence-electron chi connectivity index (χ2n) is 14.2. The summed E-state index contributed by atoms with van der Waals surface area (Å²) in [6.45, 7) is 4.17. The number of hydrogen-bond acceptors (Lipinski definition) is 4. The summed E-state index contributed by atoms with van der Waals surface area (Å²) >= 11 is 0. The first-order valence-electron chi connectivity index (χ1n) is 20.5. The Balaban J connectivity index is 3.66. The Kier molecular flexibility index (Phi) is 36.2. The average Bonchev–Trinajstić information content (AvgIpc) is 3.06. The Hall–Kier alpha value is -0.910. The van der Waals surface area contributed by atoms with Crippen molar-refractivity contribution in [3.05, 3.63) is 12.2 Å². The smallest absolute Gasteiger partial charge is 0.220 e. The normalized spacial score (nSPS) is 13.8. The third kappa shape index (κ3) is 31.7. The van der Waals surface area contributed by atoms with E-state index in [1.807, 2.05) is 0 Å². The van der Waals surface area contributed by atoms with Gasteiger partial charge >= 0.3 is 0 Å². The molecule has 3 atom stereocenters. The molecule has 0 fully saturated rings. The van der Waals surface area contributed by atoms with E-state index in [1.165, 1.54) is 154 Å². The van der Waals surface area contributed by atoms with E-state index in [0.717, 1.165) is 38.5 Å². The number of unbranched alkanes of at least 4 members (excludes halogenated alkanes) is 27. The molecule has 3 unspecified atom stereocenters. The molecule has 5 nitrogen and oxygen atoms in total. The largest absolute Gasteiger partial charge is 0.394 e. The summed E-state index contributed by atoms with van der Waals surface area (Å²) < 4.78 is 0. The molecule has 0 heterocycles. The van der Waals surface area contributed by atoms with E-state index in [4.69, 9.17) is 0 Å². The Morgan fingerprint density at radius 1 is 0.522 bits per heavy atom. The van der Waals surface area contributed by atoms with Gasteiger partial charge in [0.25, 0.3) is 0 Å². The van der Waals surface area contributed by atoms with Crippen LogP contribution >= 0.6 is 0 Å². The molecule has 0 aromatic rings. The molecule has 5 heteroatoms. The second-order valence-corrected chi connectivity index (χ2v) is 14.2. The molecule has 0 radical (unpaired) electrons. The molecule has 0 rings (SSSR count). The number of carbonyl (C=O) groups is 1. The molecule has 0 saturated carbocycles. The van der Waals surface area contributed by atoms with Crippen molar-refractivity contribution in [2.24, 2.45) is 0 Å². The van der Waals surface area contributed by atoms with Crippen molar-refractivity contribution in [2.75, 3.05) is 6.61 Å². The van der Waals surface area contributed by atoms with E-state index in [0.29, 0.717) is 12.8 Å². The predicted octanol–water partition coefficient (Wildman–Crippen LogP) is 11.3. The summed E-state index contributed by atoms with van der Waals surface area (Å²) in [6.07, 6.45) is 41.7. The summed E-state index contributed by atoms with van der Waals surface area (Å²) in [5, 5.41) is 33.4. The number of nitrogens with one attached hydrogen (secondary N) is 1. The van der Waals surface area contributed by atoms with Crippen molar-refractivity contribution in [2.45, 2.75) is 238 Å². The first kappa shape index (κ1) is 45.1. The molecule has 0 aliphatic rings. The molecular formula is C41H81NO4. The molecule has 0 bridgehead atoms. The van der Waals surface area contributed by atoms with E-state index in [1.54, 1.807) is 0 Å². The molecule has 4 N–H and O–H groups in total. The van der Waals surface area contributed by atoms with Crippen LogP contribution < -0.4 is 5.32 Å². The van der Waals surface area contributed by atoms with Crippen molar-refractivity contribution in [3.8, 4) is 0 Å². The van der Waals surface area contributed by atoms with E-state index in [-0.39, 0.29) is 12.5 Å². The molecule has 0 spiro atoms. The van der Waals surface area contributed by atoms with Gasteiger partial charge in [0.15, 0.2) is 0 Å². The maximum atomic E-state index is 12.4. The molecule has 0 saturated heterocycles. The number of rotatable bonds is 37. The quantitative estimate of drug-likeness (QED) is 0.0397. The van der Waals surface area contributed by atoms with Crippen LogP contribution in [0, 0.1) is 0 Å². The van der Waals surface area contributed by atoms with Gasteiger partial charge < -0.3 is 20.6 Å². The highest BCUT2D eigenvalue weighted by Gasteiger charge is 2.26. The Bertz CT molecular complexity index is 640. The van der Waals surface area contributed by atoms with Crippen molar-refractivity contribution >= 4 is 5.91 Å². The van der Waals surface area contributed by atoms with Gasteiger partial charge in [-0.1, -0.05) is 187 Å². The zero-order chi connectivity index (χ0) is 33.8. The van der Waals surface area contributed by atoms with Crippen LogP contribution in [-0.2, 0) is 4.79 Å². The van der Waals surface area contributed by atoms with Gasteiger partial charge in [-0.25, -0.2) is 0 Å². The fourth-order valence-corrected chi connectivity index (χ4v) is 6.40. The summed E-state index contributed by atoms with van der Waals surface area (Å²) in [5.74, 6) is -0.153. The van der Waals surface area contributed by atoms with Crippen LogP contribution in [0.5, 0.6) is 0 Å². The minimum Gasteiger partial charge on any atom is -0.394 e. The number of aliphatic hydroxyl groups is 3. The molecular weight excluding hydrogens is 570 g/mol. The highest BCUT2D eigenvalue weighted by Crippen LogP contribution is 2.15. The summed E-state index contributed by atoms with van der Waals surface area (Å²) in [6, 6.07) is -0.819. The maximum absolute atomic E-state index is 12.4. The molecule has 1 amide bonds. The topological polar surface area (TPSA) is 89.8 Å².